The van der Waals surface area contributed by atoms with Gasteiger partial charge in [0, 0.05) is 0 Å². The molecule has 0 fully saturated rings. The smallest absolute Gasteiger partial charge is 0.303 e. The molecule has 0 aromatic heterocycles. The largest absolute Gasteiger partial charge is 0.469 e. The van der Waals surface area contributed by atoms with E-state index in [0.717, 1.165) is 19.3 Å². The van der Waals surface area contributed by atoms with E-state index in [9.17, 15) is 14.4 Å². The first-order chi connectivity index (χ1) is 9.55. The second-order valence-corrected chi connectivity index (χ2v) is 10.6. The van der Waals surface area contributed by atoms with Crippen molar-refractivity contribution >= 4 is 7.82 Å². The average molecular weight is 336 g/mol. The van der Waals surface area contributed by atoms with Crippen LogP contribution in [0.2, 0.25) is 0 Å². The first-order valence-corrected chi connectivity index (χ1v) is 9.82. The minimum Gasteiger partial charge on any atom is -0.303 e. The molecule has 0 aliphatic rings. The molecule has 0 saturated heterocycles. The highest BCUT2D eigenvalue weighted by molar-refractivity contribution is 7.46. The van der Waals surface area contributed by atoms with Crippen LogP contribution in [0.1, 0.15) is 87.5 Å². The highest BCUT2D eigenvalue weighted by Gasteiger charge is 2.34. The zero-order valence-corrected chi connectivity index (χ0v) is 16.7. The summed E-state index contributed by atoms with van der Waals surface area (Å²) in [6.07, 6.45) is 3.96. The number of hydrogen-bond acceptors (Lipinski definition) is 2. The second-order valence-electron chi connectivity index (χ2n) is 9.44. The van der Waals surface area contributed by atoms with Gasteiger partial charge in [-0.3, -0.25) is 4.52 Å². The monoisotopic (exact) mass is 336 g/mol. The summed E-state index contributed by atoms with van der Waals surface area (Å²) < 4.78 is 16.5. The first kappa shape index (κ1) is 22.1. The van der Waals surface area contributed by atoms with Crippen molar-refractivity contribution in [2.45, 2.75) is 93.6 Å². The molecule has 2 N–H and O–H groups in total. The molecule has 22 heavy (non-hydrogen) atoms. The molecule has 1 unspecified atom stereocenters. The number of rotatable bonds is 9. The fourth-order valence-corrected chi connectivity index (χ4v) is 4.40. The van der Waals surface area contributed by atoms with Gasteiger partial charge in [-0.15, -0.1) is 0 Å². The van der Waals surface area contributed by atoms with Crippen LogP contribution in [0.15, 0.2) is 0 Å². The van der Waals surface area contributed by atoms with Crippen LogP contribution in [-0.2, 0) is 9.09 Å². The molecular weight excluding hydrogens is 299 g/mol. The van der Waals surface area contributed by atoms with Crippen LogP contribution in [0.3, 0.4) is 0 Å². The SMILES string of the molecule is CCCC(C)(C)CC(CC(C)(C)CC(C)(C)C)OP(=O)(O)O. The number of phosphoric ester groups is 1. The fourth-order valence-electron chi connectivity index (χ4n) is 3.86. The summed E-state index contributed by atoms with van der Waals surface area (Å²) in [7, 11) is -4.46. The first-order valence-electron chi connectivity index (χ1n) is 8.29. The lowest BCUT2D eigenvalue weighted by atomic mass is 9.71. The molecule has 5 heteroatoms. The quantitative estimate of drug-likeness (QED) is 0.543. The molecule has 0 aliphatic carbocycles. The van der Waals surface area contributed by atoms with Gasteiger partial charge >= 0.3 is 7.82 Å². The van der Waals surface area contributed by atoms with Crippen LogP contribution in [0.4, 0.5) is 0 Å². The van der Waals surface area contributed by atoms with E-state index < -0.39 is 13.9 Å². The van der Waals surface area contributed by atoms with Gasteiger partial charge in [0.15, 0.2) is 0 Å². The van der Waals surface area contributed by atoms with Crippen molar-refractivity contribution < 1.29 is 18.9 Å². The fraction of sp³-hybridized carbons (Fsp3) is 1.00. The highest BCUT2D eigenvalue weighted by Crippen LogP contribution is 2.46. The lowest BCUT2D eigenvalue weighted by Crippen LogP contribution is -2.30. The third-order valence-electron chi connectivity index (χ3n) is 3.78. The van der Waals surface area contributed by atoms with E-state index in [-0.39, 0.29) is 16.2 Å². The third kappa shape index (κ3) is 11.6. The average Bonchev–Trinajstić information content (AvgIpc) is 2.06. The van der Waals surface area contributed by atoms with E-state index in [1.165, 1.54) is 0 Å². The minimum absolute atomic E-state index is 0.0202. The van der Waals surface area contributed by atoms with Crippen molar-refractivity contribution in [1.82, 2.24) is 0 Å². The van der Waals surface area contributed by atoms with E-state index >= 15 is 0 Å². The van der Waals surface area contributed by atoms with Crippen LogP contribution >= 0.6 is 7.82 Å². The molecule has 0 rings (SSSR count). The topological polar surface area (TPSA) is 66.8 Å². The molecule has 0 radical (unpaired) electrons. The molecule has 1 atom stereocenters. The van der Waals surface area contributed by atoms with Crippen molar-refractivity contribution in [2.75, 3.05) is 0 Å². The van der Waals surface area contributed by atoms with Crippen LogP contribution < -0.4 is 0 Å². The summed E-state index contributed by atoms with van der Waals surface area (Å²) in [6, 6.07) is 0. The molecule has 0 aromatic carbocycles. The Morgan fingerprint density at radius 1 is 0.955 bits per heavy atom. The van der Waals surface area contributed by atoms with E-state index in [1.54, 1.807) is 0 Å². The molecule has 4 nitrogen and oxygen atoms in total. The summed E-state index contributed by atoms with van der Waals surface area (Å²) in [4.78, 5) is 18.5. The molecule has 0 amide bonds. The molecule has 0 aromatic rings. The predicted octanol–water partition coefficient (Wildman–Crippen LogP) is 5.53. The Hall–Kier alpha value is 0.110. The number of phosphoric acid groups is 1. The van der Waals surface area contributed by atoms with Gasteiger partial charge in [-0.2, -0.15) is 0 Å². The molecular formula is C17H37O4P. The summed E-state index contributed by atoms with van der Waals surface area (Å²) in [5.41, 5.74) is 0.169. The van der Waals surface area contributed by atoms with Crippen molar-refractivity contribution in [3.05, 3.63) is 0 Å². The minimum atomic E-state index is -4.46. The van der Waals surface area contributed by atoms with Gasteiger partial charge in [0.1, 0.15) is 0 Å². The Kier molecular flexibility index (Phi) is 7.83. The molecule has 0 saturated carbocycles. The number of hydrogen-bond donors (Lipinski definition) is 2. The van der Waals surface area contributed by atoms with E-state index in [1.807, 2.05) is 0 Å². The maximum Gasteiger partial charge on any atom is 0.469 e. The van der Waals surface area contributed by atoms with Crippen LogP contribution in [0.5, 0.6) is 0 Å². The summed E-state index contributed by atoms with van der Waals surface area (Å²) >= 11 is 0. The van der Waals surface area contributed by atoms with E-state index in [4.69, 9.17) is 4.52 Å². The summed E-state index contributed by atoms with van der Waals surface area (Å²) in [5, 5.41) is 0. The molecule has 0 bridgehead atoms. The Morgan fingerprint density at radius 3 is 1.77 bits per heavy atom. The maximum atomic E-state index is 11.3. The zero-order chi connectivity index (χ0) is 17.8. The van der Waals surface area contributed by atoms with Gasteiger partial charge in [0.2, 0.25) is 0 Å². The van der Waals surface area contributed by atoms with Crippen molar-refractivity contribution in [3.63, 3.8) is 0 Å². The standard InChI is InChI=1S/C17H37O4P/c1-9-10-16(5,6)11-14(21-22(18,19)20)12-17(7,8)13-15(2,3)4/h14H,9-13H2,1-8H3,(H2,18,19,20). The lowest BCUT2D eigenvalue weighted by Gasteiger charge is -2.37. The normalized spacial score (nSPS) is 15.9. The summed E-state index contributed by atoms with van der Waals surface area (Å²) in [6.45, 7) is 17.3. The molecule has 134 valence electrons. The van der Waals surface area contributed by atoms with Crippen LogP contribution in [0.25, 0.3) is 0 Å². The van der Waals surface area contributed by atoms with Gasteiger partial charge in [-0.25, -0.2) is 4.57 Å². The Bertz CT molecular complexity index is 377. The van der Waals surface area contributed by atoms with Gasteiger partial charge in [0.25, 0.3) is 0 Å². The third-order valence-corrected chi connectivity index (χ3v) is 4.36. The van der Waals surface area contributed by atoms with Gasteiger partial charge in [-0.05, 0) is 41.9 Å². The van der Waals surface area contributed by atoms with Gasteiger partial charge in [0.05, 0.1) is 6.10 Å². The van der Waals surface area contributed by atoms with Crippen LogP contribution in [0, 0.1) is 16.2 Å². The van der Waals surface area contributed by atoms with Crippen molar-refractivity contribution in [2.24, 2.45) is 16.2 Å². The predicted molar refractivity (Wildman–Crippen MR) is 92.7 cm³/mol. The van der Waals surface area contributed by atoms with E-state index in [0.29, 0.717) is 12.8 Å². The lowest BCUT2D eigenvalue weighted by molar-refractivity contribution is 0.0468. The zero-order valence-electron chi connectivity index (χ0n) is 15.8. The highest BCUT2D eigenvalue weighted by atomic mass is 31.2. The molecule has 0 heterocycles. The molecule has 0 spiro atoms. The van der Waals surface area contributed by atoms with Gasteiger partial charge < -0.3 is 9.79 Å². The maximum absolute atomic E-state index is 11.3. The Labute approximate surface area is 137 Å². The Morgan fingerprint density at radius 2 is 1.41 bits per heavy atom. The van der Waals surface area contributed by atoms with E-state index in [2.05, 4.69) is 55.4 Å². The van der Waals surface area contributed by atoms with Crippen LogP contribution in [-0.4, -0.2) is 15.9 Å². The Balaban J connectivity index is 5.05. The van der Waals surface area contributed by atoms with Crippen molar-refractivity contribution in [3.8, 4) is 0 Å². The van der Waals surface area contributed by atoms with Crippen molar-refractivity contribution in [1.29, 1.82) is 0 Å². The second kappa shape index (κ2) is 7.79. The molecule has 0 aliphatic heterocycles. The van der Waals surface area contributed by atoms with Gasteiger partial charge in [-0.1, -0.05) is 61.8 Å². The summed E-state index contributed by atoms with van der Waals surface area (Å²) in [5.74, 6) is 0.